The highest BCUT2D eigenvalue weighted by molar-refractivity contribution is 6.34. The molecule has 0 aromatic heterocycles. The number of amides is 1. The van der Waals surface area contributed by atoms with E-state index in [1.807, 2.05) is 0 Å². The van der Waals surface area contributed by atoms with Crippen molar-refractivity contribution >= 4 is 23.2 Å². The summed E-state index contributed by atoms with van der Waals surface area (Å²) in [5, 5.41) is 13.6. The van der Waals surface area contributed by atoms with Crippen molar-refractivity contribution in [1.29, 1.82) is 0 Å². The van der Waals surface area contributed by atoms with Crippen molar-refractivity contribution in [3.05, 3.63) is 38.9 Å². The lowest BCUT2D eigenvalue weighted by Gasteiger charge is -2.15. The van der Waals surface area contributed by atoms with Gasteiger partial charge in [0.25, 0.3) is 11.6 Å². The van der Waals surface area contributed by atoms with Crippen molar-refractivity contribution in [3.8, 4) is 0 Å². The number of halogens is 1. The van der Waals surface area contributed by atoms with E-state index in [4.69, 9.17) is 16.3 Å². The Balaban J connectivity index is 1.85. The first-order valence-corrected chi connectivity index (χ1v) is 7.82. The summed E-state index contributed by atoms with van der Waals surface area (Å²) >= 11 is 5.96. The molecule has 0 saturated carbocycles. The van der Waals surface area contributed by atoms with Gasteiger partial charge in [-0.2, -0.15) is 0 Å². The highest BCUT2D eigenvalue weighted by Gasteiger charge is 2.23. The number of likely N-dealkylation sites (tertiary alicyclic amines) is 1. The van der Waals surface area contributed by atoms with Gasteiger partial charge in [0, 0.05) is 38.9 Å². The van der Waals surface area contributed by atoms with Crippen molar-refractivity contribution < 1.29 is 14.5 Å². The van der Waals surface area contributed by atoms with Gasteiger partial charge >= 0.3 is 0 Å². The maximum atomic E-state index is 12.2. The first kappa shape index (κ1) is 17.7. The summed E-state index contributed by atoms with van der Waals surface area (Å²) in [5.41, 5.74) is 0.127. The van der Waals surface area contributed by atoms with Crippen LogP contribution in [0.5, 0.6) is 0 Å². The third-order valence-electron chi connectivity index (χ3n) is 3.94. The molecule has 0 aliphatic carbocycles. The zero-order chi connectivity index (χ0) is 16.8. The average molecular weight is 342 g/mol. The van der Waals surface area contributed by atoms with Crippen molar-refractivity contribution in [2.24, 2.45) is 5.92 Å². The van der Waals surface area contributed by atoms with E-state index in [1.54, 1.807) is 7.11 Å². The van der Waals surface area contributed by atoms with Gasteiger partial charge in [-0.25, -0.2) is 0 Å². The molecule has 1 N–H and O–H groups in total. The second-order valence-corrected chi connectivity index (χ2v) is 5.99. The van der Waals surface area contributed by atoms with Crippen molar-refractivity contribution in [2.75, 3.05) is 39.9 Å². The molecule has 1 aromatic carbocycles. The van der Waals surface area contributed by atoms with Gasteiger partial charge < -0.3 is 15.0 Å². The van der Waals surface area contributed by atoms with Crippen LogP contribution in [0.3, 0.4) is 0 Å². The third-order valence-corrected chi connectivity index (χ3v) is 4.25. The van der Waals surface area contributed by atoms with Crippen LogP contribution >= 0.6 is 11.6 Å². The molecule has 0 radical (unpaired) electrons. The maximum absolute atomic E-state index is 12.2. The molecular weight excluding hydrogens is 322 g/mol. The van der Waals surface area contributed by atoms with Gasteiger partial charge in [0.05, 0.1) is 22.1 Å². The van der Waals surface area contributed by atoms with Gasteiger partial charge in [-0.05, 0) is 24.9 Å². The Hall–Kier alpha value is -1.70. The Morgan fingerprint density at radius 1 is 1.57 bits per heavy atom. The minimum absolute atomic E-state index is 0.0878. The molecule has 0 spiro atoms. The molecule has 2 rings (SSSR count). The summed E-state index contributed by atoms with van der Waals surface area (Å²) in [7, 11) is 1.68. The Labute approximate surface area is 139 Å². The third kappa shape index (κ3) is 4.89. The summed E-state index contributed by atoms with van der Waals surface area (Å²) in [6.45, 7) is 4.10. The van der Waals surface area contributed by atoms with Crippen LogP contribution in [0.1, 0.15) is 16.8 Å². The topological polar surface area (TPSA) is 84.7 Å². The molecule has 8 heteroatoms. The standard InChI is InChI=1S/C15H20ClN3O4/c1-23-7-6-18-5-4-11(10-18)9-17-15(20)13-3-2-12(19(21)22)8-14(13)16/h2-3,8,11H,4-7,9-10H2,1H3,(H,17,20)/t11-/m1/s1. The number of ether oxygens (including phenoxy) is 1. The van der Waals surface area contributed by atoms with Gasteiger partial charge in [-0.3, -0.25) is 14.9 Å². The van der Waals surface area contributed by atoms with E-state index in [9.17, 15) is 14.9 Å². The van der Waals surface area contributed by atoms with Gasteiger partial charge in [0.1, 0.15) is 0 Å². The summed E-state index contributed by atoms with van der Waals surface area (Å²) in [4.78, 5) is 24.6. The fourth-order valence-electron chi connectivity index (χ4n) is 2.64. The number of hydrogen-bond donors (Lipinski definition) is 1. The molecule has 7 nitrogen and oxygen atoms in total. The molecule has 23 heavy (non-hydrogen) atoms. The molecule has 1 aliphatic rings. The van der Waals surface area contributed by atoms with Crippen molar-refractivity contribution in [1.82, 2.24) is 10.2 Å². The van der Waals surface area contributed by atoms with Crippen LogP contribution in [0, 0.1) is 16.0 Å². The quantitative estimate of drug-likeness (QED) is 0.605. The fourth-order valence-corrected chi connectivity index (χ4v) is 2.90. The molecular formula is C15H20ClN3O4. The van der Waals surface area contributed by atoms with Crippen LogP contribution in [0.2, 0.25) is 5.02 Å². The number of nitrogens with one attached hydrogen (secondary N) is 1. The van der Waals surface area contributed by atoms with E-state index >= 15 is 0 Å². The van der Waals surface area contributed by atoms with Gasteiger partial charge in [-0.1, -0.05) is 11.6 Å². The van der Waals surface area contributed by atoms with Crippen LogP contribution in [0.15, 0.2) is 18.2 Å². The number of rotatable bonds is 7. The van der Waals surface area contributed by atoms with Crippen LogP contribution in [-0.4, -0.2) is 55.6 Å². The molecule has 1 aliphatic heterocycles. The lowest BCUT2D eigenvalue weighted by molar-refractivity contribution is -0.384. The number of benzene rings is 1. The minimum atomic E-state index is -0.541. The van der Waals surface area contributed by atoms with E-state index in [0.29, 0.717) is 19.1 Å². The highest BCUT2D eigenvalue weighted by atomic mass is 35.5. The first-order valence-electron chi connectivity index (χ1n) is 7.44. The SMILES string of the molecule is COCCN1CC[C@H](CNC(=O)c2ccc([N+](=O)[O-])cc2Cl)C1. The van der Waals surface area contributed by atoms with Gasteiger partial charge in [0.2, 0.25) is 0 Å². The second-order valence-electron chi connectivity index (χ2n) is 5.58. The Morgan fingerprint density at radius 2 is 2.35 bits per heavy atom. The van der Waals surface area contributed by atoms with Crippen LogP contribution in [0.4, 0.5) is 5.69 Å². The summed E-state index contributed by atoms with van der Waals surface area (Å²) in [6, 6.07) is 3.86. The highest BCUT2D eigenvalue weighted by Crippen LogP contribution is 2.22. The lowest BCUT2D eigenvalue weighted by Crippen LogP contribution is -2.31. The fraction of sp³-hybridized carbons (Fsp3) is 0.533. The first-order chi connectivity index (χ1) is 11.0. The number of non-ortho nitro benzene ring substituents is 1. The number of nitrogens with zero attached hydrogens (tertiary/aromatic N) is 2. The Morgan fingerprint density at radius 3 is 3.00 bits per heavy atom. The molecule has 0 unspecified atom stereocenters. The summed E-state index contributed by atoms with van der Waals surface area (Å²) in [5.74, 6) is 0.0906. The minimum Gasteiger partial charge on any atom is -0.383 e. The smallest absolute Gasteiger partial charge is 0.270 e. The molecule has 1 saturated heterocycles. The predicted octanol–water partition coefficient (Wildman–Crippen LogP) is 1.95. The maximum Gasteiger partial charge on any atom is 0.270 e. The van der Waals surface area contributed by atoms with Crippen LogP contribution in [-0.2, 0) is 4.74 Å². The predicted molar refractivity (Wildman–Crippen MR) is 86.9 cm³/mol. The van der Waals surface area contributed by atoms with E-state index in [1.165, 1.54) is 18.2 Å². The van der Waals surface area contributed by atoms with E-state index in [-0.39, 0.29) is 22.2 Å². The molecule has 0 bridgehead atoms. The van der Waals surface area contributed by atoms with Gasteiger partial charge in [-0.15, -0.1) is 0 Å². The van der Waals surface area contributed by atoms with E-state index in [0.717, 1.165) is 26.1 Å². The Kier molecular flexibility index (Phi) is 6.32. The number of carbonyl (C=O) groups is 1. The zero-order valence-electron chi connectivity index (χ0n) is 13.0. The van der Waals surface area contributed by atoms with Crippen molar-refractivity contribution in [3.63, 3.8) is 0 Å². The largest absolute Gasteiger partial charge is 0.383 e. The average Bonchev–Trinajstić information content (AvgIpc) is 2.98. The number of methoxy groups -OCH3 is 1. The normalized spacial score (nSPS) is 18.1. The molecule has 1 atom stereocenters. The van der Waals surface area contributed by atoms with Gasteiger partial charge in [0.15, 0.2) is 0 Å². The van der Waals surface area contributed by atoms with Crippen LogP contribution < -0.4 is 5.32 Å². The van der Waals surface area contributed by atoms with Crippen LogP contribution in [0.25, 0.3) is 0 Å². The van der Waals surface area contributed by atoms with E-state index < -0.39 is 4.92 Å². The monoisotopic (exact) mass is 341 g/mol. The number of carbonyl (C=O) groups excluding carboxylic acids is 1. The molecule has 1 fully saturated rings. The lowest BCUT2D eigenvalue weighted by atomic mass is 10.1. The Bertz CT molecular complexity index is 582. The number of nitro groups is 1. The van der Waals surface area contributed by atoms with Crippen molar-refractivity contribution in [2.45, 2.75) is 6.42 Å². The molecule has 1 heterocycles. The zero-order valence-corrected chi connectivity index (χ0v) is 13.7. The summed E-state index contributed by atoms with van der Waals surface area (Å²) in [6.07, 6.45) is 1.03. The van der Waals surface area contributed by atoms with E-state index in [2.05, 4.69) is 10.2 Å². The molecule has 1 amide bonds. The number of hydrogen-bond acceptors (Lipinski definition) is 5. The number of nitro benzene ring substituents is 1. The second kappa shape index (κ2) is 8.24. The summed E-state index contributed by atoms with van der Waals surface area (Å²) < 4.78 is 5.06. The molecule has 1 aromatic rings. The molecule has 126 valence electrons.